The van der Waals surface area contributed by atoms with Crippen LogP contribution in [0.4, 0.5) is 13.2 Å². The zero-order valence-corrected chi connectivity index (χ0v) is 14.4. The number of benzene rings is 2. The molecule has 128 valence electrons. The van der Waals surface area contributed by atoms with E-state index < -0.39 is 11.7 Å². The Kier molecular flexibility index (Phi) is 4.96. The molecule has 0 saturated carbocycles. The van der Waals surface area contributed by atoms with E-state index in [9.17, 15) is 18.0 Å². The minimum atomic E-state index is -4.38. The second-order valence-corrected chi connectivity index (χ2v) is 7.05. The standard InChI is InChI=1S/C18H12F3NOS2/c19-18(20,21)14-8-6-12(7-9-14)10-15-16(23)22(17(24)25-15)11-13-4-2-1-3-5-13/h1-10H,11H2/b15-10-. The van der Waals surface area contributed by atoms with Gasteiger partial charge in [-0.1, -0.05) is 66.4 Å². The highest BCUT2D eigenvalue weighted by Crippen LogP contribution is 2.34. The van der Waals surface area contributed by atoms with Gasteiger partial charge in [0.25, 0.3) is 5.91 Å². The molecule has 1 fully saturated rings. The number of thiocarbonyl (C=S) groups is 1. The van der Waals surface area contributed by atoms with Crippen molar-refractivity contribution in [3.8, 4) is 0 Å². The monoisotopic (exact) mass is 379 g/mol. The van der Waals surface area contributed by atoms with Crippen molar-refractivity contribution >= 4 is 40.3 Å². The molecule has 0 aliphatic carbocycles. The van der Waals surface area contributed by atoms with Crippen molar-refractivity contribution in [2.24, 2.45) is 0 Å². The lowest BCUT2D eigenvalue weighted by molar-refractivity contribution is -0.137. The van der Waals surface area contributed by atoms with Crippen LogP contribution >= 0.6 is 24.0 Å². The Hall–Kier alpha value is -2.12. The highest BCUT2D eigenvalue weighted by atomic mass is 32.2. The predicted octanol–water partition coefficient (Wildman–Crippen LogP) is 5.11. The summed E-state index contributed by atoms with van der Waals surface area (Å²) >= 11 is 6.41. The van der Waals surface area contributed by atoms with Crippen LogP contribution in [0, 0.1) is 0 Å². The third kappa shape index (κ3) is 4.11. The minimum absolute atomic E-state index is 0.237. The van der Waals surface area contributed by atoms with E-state index in [1.54, 1.807) is 6.08 Å². The second kappa shape index (κ2) is 7.01. The van der Waals surface area contributed by atoms with E-state index in [0.29, 0.717) is 21.3 Å². The van der Waals surface area contributed by atoms with Gasteiger partial charge in [0.05, 0.1) is 17.0 Å². The first kappa shape index (κ1) is 17.7. The van der Waals surface area contributed by atoms with Gasteiger partial charge in [0.1, 0.15) is 4.32 Å². The Bertz CT molecular complexity index is 830. The van der Waals surface area contributed by atoms with Gasteiger partial charge in [-0.3, -0.25) is 9.69 Å². The third-order valence-electron chi connectivity index (χ3n) is 3.59. The summed E-state index contributed by atoms with van der Waals surface area (Å²) in [5, 5.41) is 0. The first-order valence-electron chi connectivity index (χ1n) is 7.31. The van der Waals surface area contributed by atoms with E-state index in [2.05, 4.69) is 0 Å². The van der Waals surface area contributed by atoms with Crippen LogP contribution in [0.5, 0.6) is 0 Å². The number of nitrogens with zero attached hydrogens (tertiary/aromatic N) is 1. The Morgan fingerprint density at radius 2 is 1.68 bits per heavy atom. The number of carbonyl (C=O) groups excluding carboxylic acids is 1. The van der Waals surface area contributed by atoms with Gasteiger partial charge < -0.3 is 0 Å². The van der Waals surface area contributed by atoms with E-state index in [0.717, 1.165) is 29.5 Å². The zero-order valence-electron chi connectivity index (χ0n) is 12.8. The van der Waals surface area contributed by atoms with Gasteiger partial charge in [-0.05, 0) is 29.3 Å². The van der Waals surface area contributed by atoms with Crippen LogP contribution in [0.2, 0.25) is 0 Å². The number of halogens is 3. The molecule has 0 bridgehead atoms. The maximum Gasteiger partial charge on any atom is 0.416 e. The number of carbonyl (C=O) groups is 1. The zero-order chi connectivity index (χ0) is 18.0. The molecular formula is C18H12F3NOS2. The molecule has 2 aromatic carbocycles. The van der Waals surface area contributed by atoms with E-state index in [1.165, 1.54) is 17.0 Å². The molecule has 1 saturated heterocycles. The molecule has 7 heteroatoms. The first-order chi connectivity index (χ1) is 11.8. The quantitative estimate of drug-likeness (QED) is 0.546. The summed E-state index contributed by atoms with van der Waals surface area (Å²) in [6.07, 6.45) is -2.82. The summed E-state index contributed by atoms with van der Waals surface area (Å²) in [6.45, 7) is 0.371. The minimum Gasteiger partial charge on any atom is -0.288 e. The number of rotatable bonds is 3. The average molecular weight is 379 g/mol. The third-order valence-corrected chi connectivity index (χ3v) is 4.97. The van der Waals surface area contributed by atoms with Crippen molar-refractivity contribution in [2.75, 3.05) is 0 Å². The Morgan fingerprint density at radius 3 is 2.28 bits per heavy atom. The van der Waals surface area contributed by atoms with Crippen LogP contribution in [0.25, 0.3) is 6.08 Å². The summed E-state index contributed by atoms with van der Waals surface area (Å²) < 4.78 is 38.2. The fourth-order valence-electron chi connectivity index (χ4n) is 2.32. The average Bonchev–Trinajstić information content (AvgIpc) is 2.83. The van der Waals surface area contributed by atoms with Crippen molar-refractivity contribution in [1.29, 1.82) is 0 Å². The van der Waals surface area contributed by atoms with Gasteiger partial charge in [-0.2, -0.15) is 13.2 Å². The Labute approximate surface area is 152 Å². The van der Waals surface area contributed by atoms with Crippen molar-refractivity contribution in [3.05, 3.63) is 76.2 Å². The lowest BCUT2D eigenvalue weighted by atomic mass is 10.1. The molecule has 0 radical (unpaired) electrons. The maximum absolute atomic E-state index is 12.6. The van der Waals surface area contributed by atoms with Gasteiger partial charge >= 0.3 is 6.18 Å². The molecule has 1 amide bonds. The van der Waals surface area contributed by atoms with Gasteiger partial charge in [0.15, 0.2) is 0 Å². The lowest BCUT2D eigenvalue weighted by Crippen LogP contribution is -2.27. The lowest BCUT2D eigenvalue weighted by Gasteiger charge is -2.14. The summed E-state index contributed by atoms with van der Waals surface area (Å²) in [5.41, 5.74) is 0.754. The molecule has 1 heterocycles. The molecule has 1 aliphatic rings. The summed E-state index contributed by atoms with van der Waals surface area (Å²) in [7, 11) is 0. The fourth-order valence-corrected chi connectivity index (χ4v) is 3.58. The summed E-state index contributed by atoms with van der Waals surface area (Å²) in [4.78, 5) is 14.4. The molecule has 3 rings (SSSR count). The number of hydrogen-bond donors (Lipinski definition) is 0. The summed E-state index contributed by atoms with van der Waals surface area (Å²) in [5.74, 6) is -0.237. The topological polar surface area (TPSA) is 20.3 Å². The van der Waals surface area contributed by atoms with Crippen molar-refractivity contribution in [1.82, 2.24) is 4.90 Å². The maximum atomic E-state index is 12.6. The van der Waals surface area contributed by atoms with Crippen LogP contribution in [0.1, 0.15) is 16.7 Å². The predicted molar refractivity (Wildman–Crippen MR) is 96.6 cm³/mol. The van der Waals surface area contributed by atoms with E-state index in [4.69, 9.17) is 12.2 Å². The van der Waals surface area contributed by atoms with Crippen LogP contribution in [-0.2, 0) is 17.5 Å². The molecular weight excluding hydrogens is 367 g/mol. The van der Waals surface area contributed by atoms with Gasteiger partial charge in [0.2, 0.25) is 0 Å². The smallest absolute Gasteiger partial charge is 0.288 e. The largest absolute Gasteiger partial charge is 0.416 e. The van der Waals surface area contributed by atoms with E-state index in [-0.39, 0.29) is 5.91 Å². The molecule has 0 N–H and O–H groups in total. The second-order valence-electron chi connectivity index (χ2n) is 5.37. The van der Waals surface area contributed by atoms with Crippen molar-refractivity contribution < 1.29 is 18.0 Å². The highest BCUT2D eigenvalue weighted by Gasteiger charge is 2.32. The number of amides is 1. The molecule has 2 nitrogen and oxygen atoms in total. The SMILES string of the molecule is O=C1/C(=C/c2ccc(C(F)(F)F)cc2)SC(=S)N1Cc1ccccc1. The van der Waals surface area contributed by atoms with Crippen LogP contribution in [-0.4, -0.2) is 15.1 Å². The van der Waals surface area contributed by atoms with Gasteiger partial charge in [0, 0.05) is 0 Å². The molecule has 2 aromatic rings. The Morgan fingerprint density at radius 1 is 1.04 bits per heavy atom. The van der Waals surface area contributed by atoms with Crippen molar-refractivity contribution in [2.45, 2.75) is 12.7 Å². The fraction of sp³-hybridized carbons (Fsp3) is 0.111. The number of alkyl halides is 3. The Balaban J connectivity index is 1.78. The molecule has 0 atom stereocenters. The summed E-state index contributed by atoms with van der Waals surface area (Å²) in [6, 6.07) is 14.1. The molecule has 1 aliphatic heterocycles. The van der Waals surface area contributed by atoms with Crippen LogP contribution in [0.15, 0.2) is 59.5 Å². The van der Waals surface area contributed by atoms with Crippen molar-refractivity contribution in [3.63, 3.8) is 0 Å². The normalized spacial score (nSPS) is 16.8. The van der Waals surface area contributed by atoms with Crippen LogP contribution in [0.3, 0.4) is 0 Å². The number of thioether (sulfide) groups is 1. The molecule has 0 aromatic heterocycles. The van der Waals surface area contributed by atoms with Crippen LogP contribution < -0.4 is 0 Å². The molecule has 0 unspecified atom stereocenters. The van der Waals surface area contributed by atoms with Gasteiger partial charge in [-0.25, -0.2) is 0 Å². The van der Waals surface area contributed by atoms with E-state index >= 15 is 0 Å². The van der Waals surface area contributed by atoms with E-state index in [1.807, 2.05) is 30.3 Å². The van der Waals surface area contributed by atoms with Gasteiger partial charge in [-0.15, -0.1) is 0 Å². The highest BCUT2D eigenvalue weighted by molar-refractivity contribution is 8.26. The molecule has 0 spiro atoms. The number of hydrogen-bond acceptors (Lipinski definition) is 3. The molecule has 25 heavy (non-hydrogen) atoms. The first-order valence-corrected chi connectivity index (χ1v) is 8.53.